The van der Waals surface area contributed by atoms with Gasteiger partial charge in [-0.15, -0.1) is 0 Å². The first-order valence-corrected chi connectivity index (χ1v) is 11.7. The molecule has 1 fully saturated rings. The first kappa shape index (κ1) is 23.3. The van der Waals surface area contributed by atoms with E-state index in [1.165, 1.54) is 11.3 Å². The highest BCUT2D eigenvalue weighted by Crippen LogP contribution is 2.20. The number of amides is 1. The molecule has 1 aliphatic rings. The molecule has 0 aliphatic carbocycles. The molecule has 1 atom stereocenters. The second-order valence-electron chi connectivity index (χ2n) is 8.55. The number of unbranched alkanes of at least 4 members (excludes halogenated alkanes) is 1. The highest BCUT2D eigenvalue weighted by atomic mass is 16.2. The summed E-state index contributed by atoms with van der Waals surface area (Å²) in [4.78, 5) is 20.0. The van der Waals surface area contributed by atoms with E-state index in [0.29, 0.717) is 0 Å². The Bertz CT molecular complexity index is 802. The van der Waals surface area contributed by atoms with E-state index in [4.69, 9.17) is 0 Å². The van der Waals surface area contributed by atoms with Crippen molar-refractivity contribution in [1.29, 1.82) is 0 Å². The summed E-state index contributed by atoms with van der Waals surface area (Å²) in [5.74, 6) is 0.0994. The molecule has 0 saturated carbocycles. The molecule has 1 saturated heterocycles. The Balaban J connectivity index is 1.36. The maximum absolute atomic E-state index is 12.8. The van der Waals surface area contributed by atoms with Gasteiger partial charge in [0.1, 0.15) is 6.04 Å². The second-order valence-corrected chi connectivity index (χ2v) is 8.55. The van der Waals surface area contributed by atoms with Gasteiger partial charge in [0.25, 0.3) is 0 Å². The van der Waals surface area contributed by atoms with Gasteiger partial charge < -0.3 is 10.2 Å². The van der Waals surface area contributed by atoms with E-state index in [2.05, 4.69) is 58.1 Å². The van der Waals surface area contributed by atoms with Gasteiger partial charge in [0.2, 0.25) is 5.91 Å². The van der Waals surface area contributed by atoms with Gasteiger partial charge in [-0.1, -0.05) is 49.4 Å². The van der Waals surface area contributed by atoms with Crippen LogP contribution in [0.15, 0.2) is 54.6 Å². The number of nitrogens with one attached hydrogen (secondary N) is 1. The zero-order valence-electron chi connectivity index (χ0n) is 19.4. The van der Waals surface area contributed by atoms with E-state index < -0.39 is 0 Å². The Labute approximate surface area is 188 Å². The first-order valence-electron chi connectivity index (χ1n) is 11.7. The minimum atomic E-state index is -0.221. The number of anilines is 1. The van der Waals surface area contributed by atoms with Crippen LogP contribution in [0.2, 0.25) is 0 Å². The lowest BCUT2D eigenvalue weighted by Crippen LogP contribution is -2.46. The molecule has 31 heavy (non-hydrogen) atoms. The zero-order chi connectivity index (χ0) is 22.1. The van der Waals surface area contributed by atoms with Crippen LogP contribution in [0.1, 0.15) is 36.9 Å². The van der Waals surface area contributed by atoms with Crippen molar-refractivity contribution >= 4 is 11.6 Å². The van der Waals surface area contributed by atoms with Crippen molar-refractivity contribution in [3.63, 3.8) is 0 Å². The third kappa shape index (κ3) is 6.81. The summed E-state index contributed by atoms with van der Waals surface area (Å²) in [6.45, 7) is 11.3. The largest absolute Gasteiger partial charge is 0.369 e. The zero-order valence-corrected chi connectivity index (χ0v) is 19.4. The predicted octanol–water partition coefficient (Wildman–Crippen LogP) is 3.71. The van der Waals surface area contributed by atoms with Gasteiger partial charge in [-0.25, -0.2) is 0 Å². The smallest absolute Gasteiger partial charge is 0.241 e. The molecule has 1 N–H and O–H groups in total. The number of carbonyl (C=O) groups excluding carboxylic acids is 1. The van der Waals surface area contributed by atoms with Crippen molar-refractivity contribution in [2.24, 2.45) is 0 Å². The first-order chi connectivity index (χ1) is 15.1. The lowest BCUT2D eigenvalue weighted by atomic mass is 10.0. The molecule has 0 aromatic heterocycles. The minimum Gasteiger partial charge on any atom is -0.369 e. The van der Waals surface area contributed by atoms with Gasteiger partial charge in [0.05, 0.1) is 0 Å². The molecule has 0 radical (unpaired) electrons. The van der Waals surface area contributed by atoms with Gasteiger partial charge in [0.15, 0.2) is 0 Å². The van der Waals surface area contributed by atoms with Crippen LogP contribution in [0.3, 0.4) is 0 Å². The third-order valence-electron chi connectivity index (χ3n) is 6.24. The van der Waals surface area contributed by atoms with Crippen molar-refractivity contribution in [2.45, 2.75) is 32.7 Å². The standard InChI is InChI=1S/C26H38N4O/c1-4-28(3)25(23-12-6-5-7-13-23)26(31)27-15-8-9-16-29-17-19-30(20-18-29)24-14-10-11-22(2)21-24/h5-7,10-14,21,25H,4,8-9,15-20H2,1-3H3,(H,27,31). The minimum absolute atomic E-state index is 0.0994. The number of piperazine rings is 1. The number of nitrogens with zero attached hydrogens (tertiary/aromatic N) is 3. The van der Waals surface area contributed by atoms with E-state index in [0.717, 1.165) is 64.2 Å². The summed E-state index contributed by atoms with van der Waals surface area (Å²) in [6, 6.07) is 18.6. The van der Waals surface area contributed by atoms with Crippen LogP contribution in [-0.4, -0.2) is 68.6 Å². The van der Waals surface area contributed by atoms with Gasteiger partial charge in [-0.2, -0.15) is 0 Å². The van der Waals surface area contributed by atoms with Gasteiger partial charge in [-0.3, -0.25) is 14.6 Å². The SMILES string of the molecule is CCN(C)C(C(=O)NCCCCN1CCN(c2cccc(C)c2)CC1)c1ccccc1. The molecular formula is C26H38N4O. The maximum Gasteiger partial charge on any atom is 0.241 e. The van der Waals surface area contributed by atoms with E-state index in [9.17, 15) is 4.79 Å². The fourth-order valence-electron chi connectivity index (χ4n) is 4.25. The molecule has 168 valence electrons. The molecule has 5 nitrogen and oxygen atoms in total. The van der Waals surface area contributed by atoms with Gasteiger partial charge in [-0.05, 0) is 63.2 Å². The number of aryl methyl sites for hydroxylation is 1. The van der Waals surface area contributed by atoms with Crippen molar-refractivity contribution in [2.75, 3.05) is 57.8 Å². The number of hydrogen-bond acceptors (Lipinski definition) is 4. The molecular weight excluding hydrogens is 384 g/mol. The number of benzene rings is 2. The normalized spacial score (nSPS) is 15.8. The van der Waals surface area contributed by atoms with Crippen molar-refractivity contribution in [3.8, 4) is 0 Å². The van der Waals surface area contributed by atoms with Crippen molar-refractivity contribution < 1.29 is 4.79 Å². The third-order valence-corrected chi connectivity index (χ3v) is 6.24. The van der Waals surface area contributed by atoms with Crippen LogP contribution in [0.5, 0.6) is 0 Å². The highest BCUT2D eigenvalue weighted by molar-refractivity contribution is 5.83. The van der Waals surface area contributed by atoms with Crippen molar-refractivity contribution in [3.05, 3.63) is 65.7 Å². The lowest BCUT2D eigenvalue weighted by Gasteiger charge is -2.36. The topological polar surface area (TPSA) is 38.8 Å². The average molecular weight is 423 g/mol. The maximum atomic E-state index is 12.8. The van der Waals surface area contributed by atoms with E-state index in [1.54, 1.807) is 0 Å². The number of likely N-dealkylation sites (N-methyl/N-ethyl adjacent to an activating group) is 1. The Hall–Kier alpha value is -2.37. The van der Waals surface area contributed by atoms with Gasteiger partial charge in [0, 0.05) is 38.4 Å². The van der Waals surface area contributed by atoms with Crippen LogP contribution < -0.4 is 10.2 Å². The van der Waals surface area contributed by atoms with E-state index in [1.807, 2.05) is 37.4 Å². The molecule has 0 spiro atoms. The van der Waals surface area contributed by atoms with Crippen LogP contribution in [0, 0.1) is 6.92 Å². The van der Waals surface area contributed by atoms with E-state index >= 15 is 0 Å². The van der Waals surface area contributed by atoms with Crippen LogP contribution in [-0.2, 0) is 4.79 Å². The fraction of sp³-hybridized carbons (Fsp3) is 0.500. The summed E-state index contributed by atoms with van der Waals surface area (Å²) in [6.07, 6.45) is 2.13. The molecule has 2 aromatic carbocycles. The molecule has 1 amide bonds. The van der Waals surface area contributed by atoms with Crippen LogP contribution >= 0.6 is 0 Å². The molecule has 0 bridgehead atoms. The van der Waals surface area contributed by atoms with E-state index in [-0.39, 0.29) is 11.9 Å². The summed E-state index contributed by atoms with van der Waals surface area (Å²) in [7, 11) is 2.01. The highest BCUT2D eigenvalue weighted by Gasteiger charge is 2.23. The number of rotatable bonds is 10. The fourth-order valence-corrected chi connectivity index (χ4v) is 4.25. The number of carbonyl (C=O) groups is 1. The van der Waals surface area contributed by atoms with Gasteiger partial charge >= 0.3 is 0 Å². The quantitative estimate of drug-likeness (QED) is 0.593. The van der Waals surface area contributed by atoms with Crippen molar-refractivity contribution in [1.82, 2.24) is 15.1 Å². The second kappa shape index (κ2) is 11.9. The molecule has 1 aliphatic heterocycles. The molecule has 2 aromatic rings. The Morgan fingerprint density at radius 3 is 2.45 bits per heavy atom. The van der Waals surface area contributed by atoms with Crippen LogP contribution in [0.25, 0.3) is 0 Å². The molecule has 1 unspecified atom stereocenters. The Kier molecular flexibility index (Phi) is 8.92. The monoisotopic (exact) mass is 422 g/mol. The molecule has 1 heterocycles. The lowest BCUT2D eigenvalue weighted by molar-refractivity contribution is -0.126. The summed E-state index contributed by atoms with van der Waals surface area (Å²) in [5.41, 5.74) is 3.71. The van der Waals surface area contributed by atoms with Crippen LogP contribution in [0.4, 0.5) is 5.69 Å². The molecule has 5 heteroatoms. The molecule has 3 rings (SSSR count). The Morgan fingerprint density at radius 1 is 1.03 bits per heavy atom. The average Bonchev–Trinajstić information content (AvgIpc) is 2.80. The predicted molar refractivity (Wildman–Crippen MR) is 130 cm³/mol. The summed E-state index contributed by atoms with van der Waals surface area (Å²) in [5, 5.41) is 3.16. The Morgan fingerprint density at radius 2 is 1.77 bits per heavy atom. The summed E-state index contributed by atoms with van der Waals surface area (Å²) < 4.78 is 0. The summed E-state index contributed by atoms with van der Waals surface area (Å²) >= 11 is 0. The number of hydrogen-bond donors (Lipinski definition) is 1.